The molecule has 1 N–H and O–H groups in total. The molecular weight excluding hydrogens is 292 g/mol. The summed E-state index contributed by atoms with van der Waals surface area (Å²) >= 11 is 6.03. The van der Waals surface area contributed by atoms with Gasteiger partial charge < -0.3 is 5.32 Å². The first-order chi connectivity index (χ1) is 9.77. The Kier molecular flexibility index (Phi) is 4.18. The topological polar surface area (TPSA) is 73.0 Å². The summed E-state index contributed by atoms with van der Waals surface area (Å²) in [5.74, 6) is 0. The second kappa shape index (κ2) is 5.73. The second-order valence-electron chi connectivity index (χ2n) is 5.74. The van der Waals surface area contributed by atoms with Crippen LogP contribution in [0.1, 0.15) is 26.3 Å². The molecule has 7 heteroatoms. The molecule has 112 valence electrons. The number of hydrogen-bond donors (Lipinski definition) is 1. The predicted octanol–water partition coefficient (Wildman–Crippen LogP) is 3.81. The van der Waals surface area contributed by atoms with E-state index in [0.717, 1.165) is 5.56 Å². The Balaban J connectivity index is 2.06. The number of aromatic nitrogens is 2. The molecule has 2 rings (SSSR count). The van der Waals surface area contributed by atoms with Crippen LogP contribution in [-0.4, -0.2) is 14.7 Å². The van der Waals surface area contributed by atoms with Crippen LogP contribution in [0.4, 0.5) is 11.4 Å². The molecule has 0 saturated heterocycles. The van der Waals surface area contributed by atoms with Crippen molar-refractivity contribution in [3.05, 3.63) is 51.3 Å². The molecule has 2 aromatic rings. The largest absolute Gasteiger partial charge is 0.380 e. The normalized spacial score (nSPS) is 11.4. The zero-order chi connectivity index (χ0) is 15.6. The number of non-ortho nitro benzene ring substituents is 1. The third-order valence-electron chi connectivity index (χ3n) is 2.97. The lowest BCUT2D eigenvalue weighted by Gasteiger charge is -2.18. The standard InChI is InChI=1S/C14H17ClN4O2/c1-14(2,3)18-9-10(8-17-18)7-16-13-5-4-11(19(20)21)6-12(13)15/h4-6,8-9,16H,7H2,1-3H3. The van der Waals surface area contributed by atoms with Crippen LogP contribution in [0.3, 0.4) is 0 Å². The Morgan fingerprint density at radius 1 is 1.43 bits per heavy atom. The first-order valence-corrected chi connectivity index (χ1v) is 6.87. The summed E-state index contributed by atoms with van der Waals surface area (Å²) in [7, 11) is 0. The summed E-state index contributed by atoms with van der Waals surface area (Å²) in [5.41, 5.74) is 1.58. The van der Waals surface area contributed by atoms with Crippen molar-refractivity contribution >= 4 is 23.0 Å². The van der Waals surface area contributed by atoms with Crippen LogP contribution in [-0.2, 0) is 12.1 Å². The monoisotopic (exact) mass is 308 g/mol. The minimum Gasteiger partial charge on any atom is -0.380 e. The summed E-state index contributed by atoms with van der Waals surface area (Å²) in [6, 6.07) is 4.36. The molecule has 21 heavy (non-hydrogen) atoms. The van der Waals surface area contributed by atoms with Gasteiger partial charge in [0.1, 0.15) is 0 Å². The quantitative estimate of drug-likeness (QED) is 0.688. The molecule has 0 spiro atoms. The highest BCUT2D eigenvalue weighted by atomic mass is 35.5. The molecule has 1 heterocycles. The molecule has 0 aliphatic carbocycles. The van der Waals surface area contributed by atoms with Crippen LogP contribution in [0.15, 0.2) is 30.6 Å². The Bertz CT molecular complexity index is 661. The van der Waals surface area contributed by atoms with Crippen LogP contribution in [0.25, 0.3) is 0 Å². The maximum absolute atomic E-state index is 10.7. The van der Waals surface area contributed by atoms with E-state index < -0.39 is 4.92 Å². The summed E-state index contributed by atoms with van der Waals surface area (Å²) in [5, 5.41) is 18.4. The third-order valence-corrected chi connectivity index (χ3v) is 3.28. The van der Waals surface area contributed by atoms with Gasteiger partial charge in [-0.05, 0) is 26.8 Å². The van der Waals surface area contributed by atoms with E-state index in [0.29, 0.717) is 17.3 Å². The van der Waals surface area contributed by atoms with Gasteiger partial charge in [-0.3, -0.25) is 14.8 Å². The second-order valence-corrected chi connectivity index (χ2v) is 6.15. The van der Waals surface area contributed by atoms with Gasteiger partial charge in [0, 0.05) is 30.4 Å². The van der Waals surface area contributed by atoms with Crippen LogP contribution < -0.4 is 5.32 Å². The van der Waals surface area contributed by atoms with Crippen molar-refractivity contribution in [1.29, 1.82) is 0 Å². The van der Waals surface area contributed by atoms with Gasteiger partial charge in [0.15, 0.2) is 0 Å². The number of rotatable bonds is 4. The predicted molar refractivity (Wildman–Crippen MR) is 82.7 cm³/mol. The third kappa shape index (κ3) is 3.72. The molecule has 0 aliphatic rings. The molecule has 6 nitrogen and oxygen atoms in total. The van der Waals surface area contributed by atoms with Crippen molar-refractivity contribution in [3.8, 4) is 0 Å². The lowest BCUT2D eigenvalue weighted by molar-refractivity contribution is -0.384. The molecule has 0 fully saturated rings. The number of nitro benzene ring substituents is 1. The van der Waals surface area contributed by atoms with Gasteiger partial charge >= 0.3 is 0 Å². The van der Waals surface area contributed by atoms with E-state index >= 15 is 0 Å². The summed E-state index contributed by atoms with van der Waals surface area (Å²) in [4.78, 5) is 10.2. The number of nitrogens with one attached hydrogen (secondary N) is 1. The van der Waals surface area contributed by atoms with E-state index in [-0.39, 0.29) is 11.2 Å². The van der Waals surface area contributed by atoms with Crippen molar-refractivity contribution < 1.29 is 4.92 Å². The summed E-state index contributed by atoms with van der Waals surface area (Å²) < 4.78 is 1.89. The van der Waals surface area contributed by atoms with E-state index in [1.165, 1.54) is 12.1 Å². The van der Waals surface area contributed by atoms with Crippen LogP contribution >= 0.6 is 11.6 Å². The van der Waals surface area contributed by atoms with Crippen molar-refractivity contribution in [2.45, 2.75) is 32.9 Å². The Morgan fingerprint density at radius 2 is 2.14 bits per heavy atom. The smallest absolute Gasteiger partial charge is 0.271 e. The van der Waals surface area contributed by atoms with Crippen molar-refractivity contribution in [2.75, 3.05) is 5.32 Å². The molecule has 0 amide bonds. The average Bonchev–Trinajstić information content (AvgIpc) is 2.85. The van der Waals surface area contributed by atoms with Gasteiger partial charge in [-0.25, -0.2) is 0 Å². The molecule has 1 aromatic carbocycles. The van der Waals surface area contributed by atoms with Gasteiger partial charge in [0.25, 0.3) is 5.69 Å². The molecular formula is C14H17ClN4O2. The number of nitro groups is 1. The maximum atomic E-state index is 10.7. The van der Waals surface area contributed by atoms with Crippen LogP contribution in [0.2, 0.25) is 5.02 Å². The number of anilines is 1. The van der Waals surface area contributed by atoms with Gasteiger partial charge in [-0.15, -0.1) is 0 Å². The van der Waals surface area contributed by atoms with Crippen molar-refractivity contribution in [2.24, 2.45) is 0 Å². The van der Waals surface area contributed by atoms with Gasteiger partial charge in [0.2, 0.25) is 0 Å². The van der Waals surface area contributed by atoms with Crippen LogP contribution in [0.5, 0.6) is 0 Å². The van der Waals surface area contributed by atoms with Crippen molar-refractivity contribution in [3.63, 3.8) is 0 Å². The molecule has 1 aromatic heterocycles. The lowest BCUT2D eigenvalue weighted by Crippen LogP contribution is -2.21. The Morgan fingerprint density at radius 3 is 2.67 bits per heavy atom. The first-order valence-electron chi connectivity index (χ1n) is 6.49. The lowest BCUT2D eigenvalue weighted by atomic mass is 10.1. The Labute approximate surface area is 127 Å². The molecule has 0 atom stereocenters. The fourth-order valence-electron chi connectivity index (χ4n) is 1.78. The van der Waals surface area contributed by atoms with Gasteiger partial charge in [-0.2, -0.15) is 5.10 Å². The van der Waals surface area contributed by atoms with Crippen LogP contribution in [0, 0.1) is 10.1 Å². The van der Waals surface area contributed by atoms with Gasteiger partial charge in [0.05, 0.1) is 27.4 Å². The zero-order valence-corrected chi connectivity index (χ0v) is 12.9. The number of benzene rings is 1. The highest BCUT2D eigenvalue weighted by molar-refractivity contribution is 6.33. The number of nitrogens with zero attached hydrogens (tertiary/aromatic N) is 3. The highest BCUT2D eigenvalue weighted by Gasteiger charge is 2.14. The zero-order valence-electron chi connectivity index (χ0n) is 12.1. The molecule has 0 aliphatic heterocycles. The van der Waals surface area contributed by atoms with Gasteiger partial charge in [-0.1, -0.05) is 11.6 Å². The molecule has 0 saturated carbocycles. The van der Waals surface area contributed by atoms with E-state index in [4.69, 9.17) is 11.6 Å². The average molecular weight is 309 g/mol. The maximum Gasteiger partial charge on any atom is 0.271 e. The number of hydrogen-bond acceptors (Lipinski definition) is 4. The summed E-state index contributed by atoms with van der Waals surface area (Å²) in [6.45, 7) is 6.77. The molecule has 0 radical (unpaired) electrons. The van der Waals surface area contributed by atoms with E-state index in [1.807, 2.05) is 10.9 Å². The molecule has 0 bridgehead atoms. The molecule has 0 unspecified atom stereocenters. The van der Waals surface area contributed by atoms with Crippen molar-refractivity contribution in [1.82, 2.24) is 9.78 Å². The minimum atomic E-state index is -0.469. The SMILES string of the molecule is CC(C)(C)n1cc(CNc2ccc([N+](=O)[O-])cc2Cl)cn1. The first kappa shape index (κ1) is 15.3. The fourth-order valence-corrected chi connectivity index (χ4v) is 2.02. The Hall–Kier alpha value is -2.08. The van der Waals surface area contributed by atoms with E-state index in [1.54, 1.807) is 12.3 Å². The van der Waals surface area contributed by atoms with E-state index in [2.05, 4.69) is 31.2 Å². The van der Waals surface area contributed by atoms with E-state index in [9.17, 15) is 10.1 Å². The highest BCUT2D eigenvalue weighted by Crippen LogP contribution is 2.27. The fraction of sp³-hybridized carbons (Fsp3) is 0.357. The number of halogens is 1. The minimum absolute atomic E-state index is 0.0221. The summed E-state index contributed by atoms with van der Waals surface area (Å²) in [6.07, 6.45) is 3.75.